The van der Waals surface area contributed by atoms with Gasteiger partial charge in [0.15, 0.2) is 0 Å². The zero-order valence-corrected chi connectivity index (χ0v) is 23.7. The van der Waals surface area contributed by atoms with E-state index in [0.29, 0.717) is 24.2 Å². The second kappa shape index (κ2) is 13.1. The van der Waals surface area contributed by atoms with Crippen molar-refractivity contribution in [1.29, 1.82) is 0 Å². The maximum absolute atomic E-state index is 9.90. The van der Waals surface area contributed by atoms with E-state index >= 15 is 0 Å². The fourth-order valence-electron chi connectivity index (χ4n) is 5.59. The quantitative estimate of drug-likeness (QED) is 0.291. The maximum Gasteiger partial charge on any atom is 0.120 e. The van der Waals surface area contributed by atoms with Crippen LogP contribution in [0.2, 0.25) is 0 Å². The van der Waals surface area contributed by atoms with E-state index in [2.05, 4.69) is 86.1 Å². The van der Waals surface area contributed by atoms with Crippen LogP contribution in [-0.4, -0.2) is 50.4 Å². The van der Waals surface area contributed by atoms with E-state index in [1.54, 1.807) is 7.11 Å². The average molecular weight is 517 g/mol. The molecule has 1 aliphatic carbocycles. The third-order valence-corrected chi connectivity index (χ3v) is 7.53. The third kappa shape index (κ3) is 7.22. The Morgan fingerprint density at radius 3 is 2.45 bits per heavy atom. The van der Waals surface area contributed by atoms with Gasteiger partial charge in [0.05, 0.1) is 7.11 Å². The van der Waals surface area contributed by atoms with Crippen LogP contribution < -0.4 is 14.4 Å². The highest BCUT2D eigenvalue weighted by Crippen LogP contribution is 2.40. The number of hydrogen-bond donors (Lipinski definition) is 1. The first-order valence-corrected chi connectivity index (χ1v) is 14.0. The summed E-state index contributed by atoms with van der Waals surface area (Å²) in [5.74, 6) is 3.26. The van der Waals surface area contributed by atoms with Crippen LogP contribution in [0.4, 0.5) is 5.69 Å². The van der Waals surface area contributed by atoms with Crippen molar-refractivity contribution in [2.24, 2.45) is 5.92 Å². The van der Waals surface area contributed by atoms with Crippen LogP contribution >= 0.6 is 0 Å². The number of aryl methyl sites for hydroxylation is 1. The van der Waals surface area contributed by atoms with Crippen molar-refractivity contribution in [2.45, 2.75) is 52.5 Å². The van der Waals surface area contributed by atoms with Crippen molar-refractivity contribution in [3.8, 4) is 17.2 Å². The molecule has 1 unspecified atom stereocenters. The van der Waals surface area contributed by atoms with Crippen molar-refractivity contribution in [2.75, 3.05) is 45.3 Å². The van der Waals surface area contributed by atoms with Gasteiger partial charge in [0, 0.05) is 37.9 Å². The van der Waals surface area contributed by atoms with Crippen LogP contribution in [0.3, 0.4) is 0 Å². The molecular formula is C33H44N2O3. The second-order valence-electron chi connectivity index (χ2n) is 11.0. The summed E-state index contributed by atoms with van der Waals surface area (Å²) in [5.41, 5.74) is 6.49. The number of methoxy groups -OCH3 is 1. The number of benzene rings is 3. The van der Waals surface area contributed by atoms with Crippen LogP contribution in [0, 0.1) is 5.92 Å². The molecule has 0 fully saturated rings. The van der Waals surface area contributed by atoms with Crippen LogP contribution in [0.15, 0.2) is 60.7 Å². The minimum absolute atomic E-state index is 0.361. The van der Waals surface area contributed by atoms with E-state index in [4.69, 9.17) is 9.47 Å². The number of anilines is 1. The SMILES string of the molecule is CCN(Cc1ccc(OCCN(C)CC(C)C)cc1)c1cc(OC)ccc1C1CCc2cc(O)ccc2C1. The molecule has 0 heterocycles. The predicted molar refractivity (Wildman–Crippen MR) is 157 cm³/mol. The Morgan fingerprint density at radius 1 is 0.974 bits per heavy atom. The van der Waals surface area contributed by atoms with E-state index < -0.39 is 0 Å². The van der Waals surface area contributed by atoms with E-state index in [1.807, 2.05) is 12.1 Å². The Labute approximate surface area is 229 Å². The number of ether oxygens (including phenoxy) is 2. The molecule has 204 valence electrons. The second-order valence-corrected chi connectivity index (χ2v) is 11.0. The lowest BCUT2D eigenvalue weighted by molar-refractivity contribution is 0.223. The molecule has 1 N–H and O–H groups in total. The Morgan fingerprint density at radius 2 is 1.74 bits per heavy atom. The van der Waals surface area contributed by atoms with Gasteiger partial charge in [-0.1, -0.05) is 38.1 Å². The van der Waals surface area contributed by atoms with Crippen molar-refractivity contribution in [3.63, 3.8) is 0 Å². The number of hydrogen-bond acceptors (Lipinski definition) is 5. The van der Waals surface area contributed by atoms with Gasteiger partial charge in [-0.05, 0) is 97.7 Å². The van der Waals surface area contributed by atoms with Crippen LogP contribution in [0.1, 0.15) is 55.4 Å². The molecule has 1 aliphatic rings. The molecule has 0 amide bonds. The highest BCUT2D eigenvalue weighted by molar-refractivity contribution is 5.60. The summed E-state index contributed by atoms with van der Waals surface area (Å²) in [5, 5.41) is 9.90. The van der Waals surface area contributed by atoms with Crippen LogP contribution in [-0.2, 0) is 19.4 Å². The van der Waals surface area contributed by atoms with Gasteiger partial charge in [-0.2, -0.15) is 0 Å². The summed E-state index contributed by atoms with van der Waals surface area (Å²) in [7, 11) is 3.88. The molecule has 0 saturated heterocycles. The summed E-state index contributed by atoms with van der Waals surface area (Å²) < 4.78 is 11.6. The molecule has 0 aliphatic heterocycles. The van der Waals surface area contributed by atoms with Gasteiger partial charge in [-0.25, -0.2) is 0 Å². The Balaban J connectivity index is 1.46. The molecule has 4 rings (SSSR count). The summed E-state index contributed by atoms with van der Waals surface area (Å²) in [4.78, 5) is 4.76. The fraction of sp³-hybridized carbons (Fsp3) is 0.455. The maximum atomic E-state index is 9.90. The first-order valence-electron chi connectivity index (χ1n) is 14.0. The number of nitrogens with zero attached hydrogens (tertiary/aromatic N) is 2. The summed E-state index contributed by atoms with van der Waals surface area (Å²) in [6.07, 6.45) is 3.05. The molecule has 5 heteroatoms. The van der Waals surface area contributed by atoms with Crippen molar-refractivity contribution in [1.82, 2.24) is 4.90 Å². The first-order chi connectivity index (χ1) is 18.4. The van der Waals surface area contributed by atoms with Gasteiger partial charge < -0.3 is 24.4 Å². The van der Waals surface area contributed by atoms with Gasteiger partial charge in [0.1, 0.15) is 23.9 Å². The van der Waals surface area contributed by atoms with Gasteiger partial charge in [0.25, 0.3) is 0 Å². The molecule has 1 atom stereocenters. The molecule has 0 spiro atoms. The Bertz CT molecular complexity index is 1180. The lowest BCUT2D eigenvalue weighted by Crippen LogP contribution is -2.27. The summed E-state index contributed by atoms with van der Waals surface area (Å²) in [6, 6.07) is 20.9. The van der Waals surface area contributed by atoms with Crippen molar-refractivity contribution >= 4 is 5.69 Å². The standard InChI is InChI=1S/C33H44N2O3/c1-6-35(23-25-7-13-30(14-8-25)38-18-17-34(4)22-24(2)3)33-21-31(37-5)15-16-32(33)28-10-9-27-20-29(36)12-11-26(27)19-28/h7-8,11-16,20-21,24,28,36H,6,9-10,17-19,22-23H2,1-5H3. The lowest BCUT2D eigenvalue weighted by Gasteiger charge is -2.32. The van der Waals surface area contributed by atoms with Crippen LogP contribution in [0.25, 0.3) is 0 Å². The summed E-state index contributed by atoms with van der Waals surface area (Å²) in [6.45, 7) is 11.1. The van der Waals surface area contributed by atoms with Gasteiger partial charge in [0.2, 0.25) is 0 Å². The van der Waals surface area contributed by atoms with Gasteiger partial charge in [-0.15, -0.1) is 0 Å². The summed E-state index contributed by atoms with van der Waals surface area (Å²) >= 11 is 0. The fourth-order valence-corrected chi connectivity index (χ4v) is 5.59. The molecule has 0 aromatic heterocycles. The number of fused-ring (bicyclic) bond motifs is 1. The molecule has 3 aromatic carbocycles. The highest BCUT2D eigenvalue weighted by Gasteiger charge is 2.24. The average Bonchev–Trinajstić information content (AvgIpc) is 2.91. The smallest absolute Gasteiger partial charge is 0.120 e. The molecular weight excluding hydrogens is 472 g/mol. The normalized spacial score (nSPS) is 15.0. The third-order valence-electron chi connectivity index (χ3n) is 7.53. The highest BCUT2D eigenvalue weighted by atomic mass is 16.5. The van der Waals surface area contributed by atoms with E-state index in [0.717, 1.165) is 56.9 Å². The minimum Gasteiger partial charge on any atom is -0.508 e. The molecule has 0 bridgehead atoms. The number of phenols is 1. The number of likely N-dealkylation sites (N-methyl/N-ethyl adjacent to an activating group) is 1. The molecule has 3 aromatic rings. The zero-order chi connectivity index (χ0) is 27.1. The lowest BCUT2D eigenvalue weighted by atomic mass is 9.79. The van der Waals surface area contributed by atoms with E-state index in [1.165, 1.54) is 27.9 Å². The van der Waals surface area contributed by atoms with E-state index in [-0.39, 0.29) is 0 Å². The monoisotopic (exact) mass is 516 g/mol. The first kappa shape index (κ1) is 27.8. The Kier molecular flexibility index (Phi) is 9.57. The van der Waals surface area contributed by atoms with Crippen molar-refractivity contribution < 1.29 is 14.6 Å². The molecule has 5 nitrogen and oxygen atoms in total. The van der Waals surface area contributed by atoms with Crippen LogP contribution in [0.5, 0.6) is 17.2 Å². The molecule has 38 heavy (non-hydrogen) atoms. The minimum atomic E-state index is 0.361. The predicted octanol–water partition coefficient (Wildman–Crippen LogP) is 6.67. The van der Waals surface area contributed by atoms with Crippen molar-refractivity contribution in [3.05, 3.63) is 82.9 Å². The number of phenolic OH excluding ortho intramolecular Hbond substituents is 1. The number of rotatable bonds is 12. The largest absolute Gasteiger partial charge is 0.508 e. The Hall–Kier alpha value is -3.18. The van der Waals surface area contributed by atoms with Gasteiger partial charge in [-0.3, -0.25) is 0 Å². The van der Waals surface area contributed by atoms with E-state index in [9.17, 15) is 5.11 Å². The molecule has 0 saturated carbocycles. The topological polar surface area (TPSA) is 45.2 Å². The van der Waals surface area contributed by atoms with Gasteiger partial charge >= 0.3 is 0 Å². The molecule has 0 radical (unpaired) electrons. The number of aromatic hydroxyl groups is 1. The zero-order valence-electron chi connectivity index (χ0n) is 23.7.